The lowest BCUT2D eigenvalue weighted by molar-refractivity contribution is -0.121. The number of carbonyl (C=O) groups excluding carboxylic acids is 3. The average Bonchev–Trinajstić information content (AvgIpc) is 3.22. The van der Waals surface area contributed by atoms with Crippen LogP contribution in [0.5, 0.6) is 0 Å². The molecule has 0 radical (unpaired) electrons. The zero-order valence-corrected chi connectivity index (χ0v) is 17.3. The van der Waals surface area contributed by atoms with Gasteiger partial charge in [0.1, 0.15) is 0 Å². The van der Waals surface area contributed by atoms with Crippen molar-refractivity contribution in [2.75, 3.05) is 13.1 Å². The van der Waals surface area contributed by atoms with Crippen LogP contribution in [0.4, 0.5) is 0 Å². The molecule has 0 atom stereocenters. The molecular weight excluding hydrogens is 434 g/mol. The maximum atomic E-state index is 12.4. The van der Waals surface area contributed by atoms with Crippen molar-refractivity contribution >= 4 is 44.6 Å². The van der Waals surface area contributed by atoms with Crippen molar-refractivity contribution in [3.05, 3.63) is 70.3 Å². The van der Waals surface area contributed by atoms with Crippen LogP contribution in [0, 0.1) is 0 Å². The van der Waals surface area contributed by atoms with E-state index in [4.69, 9.17) is 0 Å². The third kappa shape index (κ3) is 3.96. The summed E-state index contributed by atoms with van der Waals surface area (Å²) in [6.45, 7) is 1.45. The number of fused-ring (bicyclic) bond motifs is 2. The van der Waals surface area contributed by atoms with Crippen molar-refractivity contribution in [1.29, 1.82) is 0 Å². The van der Waals surface area contributed by atoms with Crippen LogP contribution in [0.25, 0.3) is 10.9 Å². The fraction of sp³-hybridized carbons (Fsp3) is 0.227. The number of aromatic nitrogens is 1. The van der Waals surface area contributed by atoms with Gasteiger partial charge < -0.3 is 9.88 Å². The van der Waals surface area contributed by atoms with Crippen molar-refractivity contribution in [3.63, 3.8) is 0 Å². The number of benzene rings is 2. The maximum absolute atomic E-state index is 12.4. The van der Waals surface area contributed by atoms with Crippen molar-refractivity contribution in [1.82, 2.24) is 14.8 Å². The van der Waals surface area contributed by atoms with Crippen LogP contribution in [0.2, 0.25) is 0 Å². The zero-order valence-electron chi connectivity index (χ0n) is 15.7. The van der Waals surface area contributed by atoms with Gasteiger partial charge in [0.25, 0.3) is 11.8 Å². The first-order chi connectivity index (χ1) is 14.0. The molecule has 1 aromatic heterocycles. The van der Waals surface area contributed by atoms with Gasteiger partial charge in [-0.2, -0.15) is 0 Å². The van der Waals surface area contributed by atoms with Crippen LogP contribution in [0.15, 0.2) is 59.2 Å². The quantitative estimate of drug-likeness (QED) is 0.555. The van der Waals surface area contributed by atoms with Gasteiger partial charge in [0.2, 0.25) is 5.91 Å². The number of rotatable bonds is 7. The average molecular weight is 454 g/mol. The monoisotopic (exact) mass is 453 g/mol. The van der Waals surface area contributed by atoms with E-state index in [2.05, 4.69) is 44.0 Å². The van der Waals surface area contributed by atoms with Gasteiger partial charge in [-0.15, -0.1) is 0 Å². The molecule has 0 saturated heterocycles. The first-order valence-corrected chi connectivity index (χ1v) is 10.3. The highest BCUT2D eigenvalue weighted by Crippen LogP contribution is 2.26. The third-order valence-corrected chi connectivity index (χ3v) is 5.57. The maximum Gasteiger partial charge on any atom is 0.261 e. The molecule has 1 aliphatic rings. The Morgan fingerprint density at radius 2 is 1.76 bits per heavy atom. The Bertz CT molecular complexity index is 1110. The molecule has 4 rings (SSSR count). The number of nitrogens with zero attached hydrogens (tertiary/aromatic N) is 2. The smallest absolute Gasteiger partial charge is 0.261 e. The van der Waals surface area contributed by atoms with Gasteiger partial charge in [0.05, 0.1) is 11.1 Å². The van der Waals surface area contributed by atoms with E-state index in [9.17, 15) is 14.4 Å². The number of nitrogens with one attached hydrogen (secondary N) is 1. The molecular formula is C22H20BrN3O3. The molecule has 7 heteroatoms. The Labute approximate surface area is 176 Å². The number of para-hydroxylation sites is 1. The Morgan fingerprint density at radius 3 is 2.62 bits per heavy atom. The Kier molecular flexibility index (Phi) is 5.49. The molecule has 0 aliphatic carbocycles. The van der Waals surface area contributed by atoms with Crippen molar-refractivity contribution in [2.45, 2.75) is 19.4 Å². The standard InChI is InChI=1S/C22H20BrN3O3/c23-16-7-8-17-18(14-16)22(29)26(21(17)28)11-3-6-20(27)24-10-13-25-12-9-15-4-1-2-5-19(15)25/h1-2,4-5,7-9,12,14H,3,6,10-11,13H2,(H,24,27). The fourth-order valence-electron chi connectivity index (χ4n) is 3.60. The number of carbonyl (C=O) groups is 3. The van der Waals surface area contributed by atoms with Gasteiger partial charge in [-0.05, 0) is 42.1 Å². The summed E-state index contributed by atoms with van der Waals surface area (Å²) in [6, 6.07) is 15.2. The second kappa shape index (κ2) is 8.21. The first-order valence-electron chi connectivity index (χ1n) is 9.51. The van der Waals surface area contributed by atoms with Crippen molar-refractivity contribution in [2.24, 2.45) is 0 Å². The molecule has 0 fully saturated rings. The van der Waals surface area contributed by atoms with Crippen LogP contribution in [-0.2, 0) is 11.3 Å². The molecule has 0 saturated carbocycles. The van der Waals surface area contributed by atoms with Crippen molar-refractivity contribution < 1.29 is 14.4 Å². The van der Waals surface area contributed by atoms with Gasteiger partial charge in [0, 0.05) is 42.2 Å². The molecule has 0 bridgehead atoms. The van der Waals surface area contributed by atoms with Crippen LogP contribution >= 0.6 is 15.9 Å². The summed E-state index contributed by atoms with van der Waals surface area (Å²) in [4.78, 5) is 38.2. The van der Waals surface area contributed by atoms with Gasteiger partial charge in [-0.25, -0.2) is 0 Å². The van der Waals surface area contributed by atoms with Crippen molar-refractivity contribution in [3.8, 4) is 0 Å². The molecule has 2 aromatic carbocycles. The summed E-state index contributed by atoms with van der Waals surface area (Å²) >= 11 is 3.32. The second-order valence-electron chi connectivity index (χ2n) is 6.97. The Balaban J connectivity index is 1.23. The number of hydrogen-bond donors (Lipinski definition) is 1. The minimum Gasteiger partial charge on any atom is -0.354 e. The summed E-state index contributed by atoms with van der Waals surface area (Å²) in [6.07, 6.45) is 2.71. The second-order valence-corrected chi connectivity index (χ2v) is 7.89. The van der Waals surface area contributed by atoms with Gasteiger partial charge in [-0.1, -0.05) is 34.1 Å². The summed E-state index contributed by atoms with van der Waals surface area (Å²) in [5.41, 5.74) is 1.97. The molecule has 2 heterocycles. The van der Waals surface area contributed by atoms with E-state index in [1.807, 2.05) is 18.3 Å². The number of halogens is 1. The highest BCUT2D eigenvalue weighted by molar-refractivity contribution is 9.10. The molecule has 29 heavy (non-hydrogen) atoms. The normalized spacial score (nSPS) is 13.2. The molecule has 3 amide bonds. The Hall–Kier alpha value is -2.93. The number of hydrogen-bond acceptors (Lipinski definition) is 3. The molecule has 148 valence electrons. The summed E-state index contributed by atoms with van der Waals surface area (Å²) in [5, 5.41) is 4.08. The topological polar surface area (TPSA) is 71.4 Å². The predicted octanol–water partition coefficient (Wildman–Crippen LogP) is 3.60. The largest absolute Gasteiger partial charge is 0.354 e. The highest BCUT2D eigenvalue weighted by atomic mass is 79.9. The number of imide groups is 1. The Morgan fingerprint density at radius 1 is 0.966 bits per heavy atom. The number of amides is 3. The summed E-state index contributed by atoms with van der Waals surface area (Å²) in [7, 11) is 0. The SMILES string of the molecule is O=C(CCCN1C(=O)c2ccc(Br)cc2C1=O)NCCn1ccc2ccccc21. The first kappa shape index (κ1) is 19.4. The highest BCUT2D eigenvalue weighted by Gasteiger charge is 2.35. The summed E-state index contributed by atoms with van der Waals surface area (Å²) in [5.74, 6) is -0.676. The fourth-order valence-corrected chi connectivity index (χ4v) is 3.96. The molecule has 1 N–H and O–H groups in total. The van der Waals surface area contributed by atoms with Crippen LogP contribution in [0.3, 0.4) is 0 Å². The van der Waals surface area contributed by atoms with E-state index in [1.165, 1.54) is 10.3 Å². The van der Waals surface area contributed by atoms with E-state index < -0.39 is 0 Å². The molecule has 0 spiro atoms. The van der Waals surface area contributed by atoms with E-state index in [1.54, 1.807) is 18.2 Å². The van der Waals surface area contributed by atoms with Crippen LogP contribution < -0.4 is 5.32 Å². The van der Waals surface area contributed by atoms with Crippen LogP contribution in [0.1, 0.15) is 33.6 Å². The van der Waals surface area contributed by atoms with Crippen LogP contribution in [-0.4, -0.2) is 40.3 Å². The van der Waals surface area contributed by atoms with E-state index in [0.29, 0.717) is 30.6 Å². The van der Waals surface area contributed by atoms with E-state index >= 15 is 0 Å². The van der Waals surface area contributed by atoms with Gasteiger partial charge >= 0.3 is 0 Å². The lowest BCUT2D eigenvalue weighted by Gasteiger charge is -2.13. The molecule has 0 unspecified atom stereocenters. The predicted molar refractivity (Wildman–Crippen MR) is 114 cm³/mol. The zero-order chi connectivity index (χ0) is 20.4. The third-order valence-electron chi connectivity index (χ3n) is 5.07. The van der Waals surface area contributed by atoms with E-state index in [0.717, 1.165) is 9.99 Å². The van der Waals surface area contributed by atoms with E-state index in [-0.39, 0.29) is 30.7 Å². The lowest BCUT2D eigenvalue weighted by Crippen LogP contribution is -2.32. The minimum absolute atomic E-state index is 0.0826. The summed E-state index contributed by atoms with van der Waals surface area (Å²) < 4.78 is 2.86. The van der Waals surface area contributed by atoms with Gasteiger partial charge in [-0.3, -0.25) is 19.3 Å². The minimum atomic E-state index is -0.300. The molecule has 1 aliphatic heterocycles. The molecule has 3 aromatic rings. The molecule has 6 nitrogen and oxygen atoms in total. The lowest BCUT2D eigenvalue weighted by atomic mass is 10.1. The van der Waals surface area contributed by atoms with Gasteiger partial charge in [0.15, 0.2) is 0 Å².